The van der Waals surface area contributed by atoms with Gasteiger partial charge >= 0.3 is 0 Å². The summed E-state index contributed by atoms with van der Waals surface area (Å²) in [6.45, 7) is 1.62. The largest absolute Gasteiger partial charge is 0.345 e. The minimum Gasteiger partial charge on any atom is -0.345 e. The van der Waals surface area contributed by atoms with Crippen molar-refractivity contribution < 1.29 is 22.0 Å². The minimum atomic E-state index is -4.11. The van der Waals surface area contributed by atoms with Crippen LogP contribution in [-0.4, -0.2) is 14.3 Å². The average molecular weight is 416 g/mol. The van der Waals surface area contributed by atoms with E-state index in [2.05, 4.69) is 10.0 Å². The minimum absolute atomic E-state index is 0.0737. The predicted octanol–water partition coefficient (Wildman–Crippen LogP) is 4.26. The zero-order chi connectivity index (χ0) is 21.0. The molecule has 5 nitrogen and oxygen atoms in total. The molecule has 0 radical (unpaired) electrons. The van der Waals surface area contributed by atoms with Crippen molar-refractivity contribution >= 4 is 21.6 Å². The second-order valence-corrected chi connectivity index (χ2v) is 8.01. The second-order valence-electron chi connectivity index (χ2n) is 6.33. The normalized spacial score (nSPS) is 12.2. The van der Waals surface area contributed by atoms with Crippen molar-refractivity contribution in [2.75, 3.05) is 4.72 Å². The Balaban J connectivity index is 1.81. The quantitative estimate of drug-likeness (QED) is 0.631. The van der Waals surface area contributed by atoms with E-state index in [0.717, 1.165) is 6.07 Å². The molecule has 0 heterocycles. The van der Waals surface area contributed by atoms with Gasteiger partial charge in [0.05, 0.1) is 16.6 Å². The molecule has 0 aliphatic carbocycles. The lowest BCUT2D eigenvalue weighted by atomic mass is 10.1. The summed E-state index contributed by atoms with van der Waals surface area (Å²) in [6, 6.07) is 16.1. The van der Waals surface area contributed by atoms with Crippen LogP contribution in [0.5, 0.6) is 0 Å². The number of halogens is 2. The van der Waals surface area contributed by atoms with Gasteiger partial charge in [0, 0.05) is 11.1 Å². The molecule has 3 rings (SSSR count). The third-order valence-corrected chi connectivity index (χ3v) is 5.61. The lowest BCUT2D eigenvalue weighted by molar-refractivity contribution is 0.0939. The zero-order valence-electron chi connectivity index (χ0n) is 15.4. The highest BCUT2D eigenvalue weighted by Gasteiger charge is 2.19. The molecule has 0 bridgehead atoms. The second kappa shape index (κ2) is 8.40. The van der Waals surface area contributed by atoms with Crippen LogP contribution in [0.1, 0.15) is 28.9 Å². The van der Waals surface area contributed by atoms with Crippen LogP contribution in [0.3, 0.4) is 0 Å². The third kappa shape index (κ3) is 4.78. The Morgan fingerprint density at radius 2 is 1.55 bits per heavy atom. The van der Waals surface area contributed by atoms with Gasteiger partial charge in [0.15, 0.2) is 0 Å². The molecule has 0 saturated carbocycles. The molecule has 1 unspecified atom stereocenters. The predicted molar refractivity (Wildman–Crippen MR) is 106 cm³/mol. The number of sulfonamides is 1. The highest BCUT2D eigenvalue weighted by atomic mass is 32.2. The van der Waals surface area contributed by atoms with E-state index in [1.807, 2.05) is 0 Å². The summed E-state index contributed by atoms with van der Waals surface area (Å²) >= 11 is 0. The Labute approximate surface area is 167 Å². The summed E-state index contributed by atoms with van der Waals surface area (Å²) < 4.78 is 54.9. The SMILES string of the molecule is CC(NC(=O)c1cccc(S(=O)(=O)Nc2ccccc2F)c1)c1ccccc1F. The van der Waals surface area contributed by atoms with Gasteiger partial charge in [0.2, 0.25) is 0 Å². The van der Waals surface area contributed by atoms with Crippen molar-refractivity contribution in [3.05, 3.63) is 95.6 Å². The molecule has 0 fully saturated rings. The molecule has 150 valence electrons. The zero-order valence-corrected chi connectivity index (χ0v) is 16.2. The molecular weight excluding hydrogens is 398 g/mol. The maximum Gasteiger partial charge on any atom is 0.262 e. The van der Waals surface area contributed by atoms with Crippen molar-refractivity contribution in [2.24, 2.45) is 0 Å². The first-order valence-electron chi connectivity index (χ1n) is 8.70. The first-order valence-corrected chi connectivity index (χ1v) is 10.2. The van der Waals surface area contributed by atoms with Crippen LogP contribution in [0.4, 0.5) is 14.5 Å². The summed E-state index contributed by atoms with van der Waals surface area (Å²) in [4.78, 5) is 12.3. The van der Waals surface area contributed by atoms with Crippen LogP contribution in [0.2, 0.25) is 0 Å². The van der Waals surface area contributed by atoms with Gasteiger partial charge < -0.3 is 5.32 Å². The molecule has 1 atom stereocenters. The van der Waals surface area contributed by atoms with Gasteiger partial charge in [0.1, 0.15) is 11.6 Å². The maximum atomic E-state index is 13.9. The fourth-order valence-corrected chi connectivity index (χ4v) is 3.85. The number of rotatable bonds is 6. The van der Waals surface area contributed by atoms with Gasteiger partial charge in [-0.1, -0.05) is 36.4 Å². The topological polar surface area (TPSA) is 75.3 Å². The number of carbonyl (C=O) groups is 1. The fourth-order valence-electron chi connectivity index (χ4n) is 2.74. The molecule has 2 N–H and O–H groups in total. The number of benzene rings is 3. The summed E-state index contributed by atoms with van der Waals surface area (Å²) in [5.74, 6) is -1.74. The molecule has 0 aliphatic rings. The summed E-state index contributed by atoms with van der Waals surface area (Å²) in [7, 11) is -4.11. The van der Waals surface area contributed by atoms with Crippen molar-refractivity contribution in [3.8, 4) is 0 Å². The average Bonchev–Trinajstić information content (AvgIpc) is 2.70. The molecular formula is C21H18F2N2O3S. The number of amides is 1. The van der Waals surface area contributed by atoms with Crippen LogP contribution >= 0.6 is 0 Å². The van der Waals surface area contributed by atoms with Crippen LogP contribution in [0.15, 0.2) is 77.7 Å². The molecule has 8 heteroatoms. The molecule has 29 heavy (non-hydrogen) atoms. The monoisotopic (exact) mass is 416 g/mol. The van der Waals surface area contributed by atoms with E-state index in [1.165, 1.54) is 48.5 Å². The lowest BCUT2D eigenvalue weighted by Crippen LogP contribution is -2.27. The third-order valence-electron chi connectivity index (χ3n) is 4.24. The smallest absolute Gasteiger partial charge is 0.262 e. The first kappa shape index (κ1) is 20.5. The summed E-state index contributed by atoms with van der Waals surface area (Å²) in [6.07, 6.45) is 0. The molecule has 0 spiro atoms. The van der Waals surface area contributed by atoms with E-state index < -0.39 is 33.6 Å². The van der Waals surface area contributed by atoms with E-state index in [-0.39, 0.29) is 16.1 Å². The Hall–Kier alpha value is -3.26. The van der Waals surface area contributed by atoms with Gasteiger partial charge in [0.25, 0.3) is 15.9 Å². The Bertz CT molecular complexity index is 1150. The van der Waals surface area contributed by atoms with Crippen molar-refractivity contribution in [3.63, 3.8) is 0 Å². The van der Waals surface area contributed by atoms with E-state index in [4.69, 9.17) is 0 Å². The van der Waals surface area contributed by atoms with E-state index in [1.54, 1.807) is 25.1 Å². The van der Waals surface area contributed by atoms with Crippen LogP contribution in [0.25, 0.3) is 0 Å². The number of anilines is 1. The molecule has 0 saturated heterocycles. The fraction of sp³-hybridized carbons (Fsp3) is 0.0952. The van der Waals surface area contributed by atoms with E-state index in [9.17, 15) is 22.0 Å². The van der Waals surface area contributed by atoms with Crippen molar-refractivity contribution in [2.45, 2.75) is 17.9 Å². The van der Waals surface area contributed by atoms with Gasteiger partial charge in [-0.2, -0.15) is 0 Å². The number of carbonyl (C=O) groups excluding carboxylic acids is 1. The molecule has 3 aromatic rings. The van der Waals surface area contributed by atoms with Crippen LogP contribution < -0.4 is 10.0 Å². The van der Waals surface area contributed by atoms with Crippen LogP contribution in [-0.2, 0) is 10.0 Å². The highest BCUT2D eigenvalue weighted by Crippen LogP contribution is 2.21. The lowest BCUT2D eigenvalue weighted by Gasteiger charge is -2.15. The molecule has 3 aromatic carbocycles. The maximum absolute atomic E-state index is 13.9. The van der Waals surface area contributed by atoms with Crippen molar-refractivity contribution in [1.29, 1.82) is 0 Å². The number of hydrogen-bond acceptors (Lipinski definition) is 3. The Kier molecular flexibility index (Phi) is 5.93. The van der Waals surface area contributed by atoms with Gasteiger partial charge in [-0.15, -0.1) is 0 Å². The van der Waals surface area contributed by atoms with Gasteiger partial charge in [-0.25, -0.2) is 17.2 Å². The highest BCUT2D eigenvalue weighted by molar-refractivity contribution is 7.92. The standard InChI is InChI=1S/C21H18F2N2O3S/c1-14(17-9-2-3-10-18(17)22)24-21(26)15-7-6-8-16(13-15)29(27,28)25-20-12-5-4-11-19(20)23/h2-14,25H,1H3,(H,24,26). The molecule has 0 aromatic heterocycles. The first-order chi connectivity index (χ1) is 13.8. The Morgan fingerprint density at radius 3 is 2.24 bits per heavy atom. The molecule has 0 aliphatic heterocycles. The number of hydrogen-bond donors (Lipinski definition) is 2. The van der Waals surface area contributed by atoms with Crippen molar-refractivity contribution in [1.82, 2.24) is 5.32 Å². The van der Waals surface area contributed by atoms with Gasteiger partial charge in [-0.3, -0.25) is 9.52 Å². The van der Waals surface area contributed by atoms with E-state index in [0.29, 0.717) is 5.56 Å². The number of para-hydroxylation sites is 1. The molecule has 1 amide bonds. The Morgan fingerprint density at radius 1 is 0.897 bits per heavy atom. The van der Waals surface area contributed by atoms with E-state index >= 15 is 0 Å². The van der Waals surface area contributed by atoms with Crippen LogP contribution in [0, 0.1) is 11.6 Å². The van der Waals surface area contributed by atoms with Gasteiger partial charge in [-0.05, 0) is 43.3 Å². The number of nitrogens with one attached hydrogen (secondary N) is 2. The summed E-state index contributed by atoms with van der Waals surface area (Å²) in [5.41, 5.74) is 0.186. The summed E-state index contributed by atoms with van der Waals surface area (Å²) in [5, 5.41) is 2.64.